The minimum atomic E-state index is -0.522. The summed E-state index contributed by atoms with van der Waals surface area (Å²) >= 11 is 0. The third kappa shape index (κ3) is 9.98. The Kier molecular flexibility index (Phi) is 12.3. The Balaban J connectivity index is 1.47. The van der Waals surface area contributed by atoms with Crippen molar-refractivity contribution in [1.29, 1.82) is 0 Å². The van der Waals surface area contributed by atoms with Crippen molar-refractivity contribution >= 4 is 18.1 Å². The second-order valence-electron chi connectivity index (χ2n) is 8.78. The van der Waals surface area contributed by atoms with Crippen LogP contribution in [-0.2, 0) is 4.79 Å². The monoisotopic (exact) mass is 548 g/mol. The molecule has 212 valence electrons. The molecule has 0 aliphatic heterocycles. The molecule has 1 N–H and O–H groups in total. The van der Waals surface area contributed by atoms with Gasteiger partial charge in [-0.3, -0.25) is 4.79 Å². The van der Waals surface area contributed by atoms with Crippen molar-refractivity contribution in [3.05, 3.63) is 77.9 Å². The first-order valence-corrected chi connectivity index (χ1v) is 13.3. The van der Waals surface area contributed by atoms with E-state index < -0.39 is 11.9 Å². The summed E-state index contributed by atoms with van der Waals surface area (Å²) < 4.78 is 27.6. The van der Waals surface area contributed by atoms with Crippen LogP contribution in [0.5, 0.6) is 28.7 Å². The summed E-state index contributed by atoms with van der Waals surface area (Å²) in [4.78, 5) is 24.7. The molecule has 3 aromatic carbocycles. The highest BCUT2D eigenvalue weighted by atomic mass is 16.6. The molecule has 0 saturated heterocycles. The van der Waals surface area contributed by atoms with E-state index in [0.29, 0.717) is 41.6 Å². The predicted octanol–water partition coefficient (Wildman–Crippen LogP) is 5.80. The smallest absolute Gasteiger partial charge is 0.343 e. The Morgan fingerprint density at radius 3 is 1.93 bits per heavy atom. The lowest BCUT2D eigenvalue weighted by Crippen LogP contribution is -2.24. The number of carbonyl (C=O) groups excluding carboxylic acids is 2. The first-order chi connectivity index (χ1) is 19.5. The van der Waals surface area contributed by atoms with Crippen LogP contribution in [-0.4, -0.2) is 45.0 Å². The molecule has 0 fully saturated rings. The highest BCUT2D eigenvalue weighted by Gasteiger charge is 2.13. The molecule has 0 aromatic heterocycles. The van der Waals surface area contributed by atoms with Crippen LogP contribution >= 0.6 is 0 Å². The van der Waals surface area contributed by atoms with Crippen molar-refractivity contribution < 1.29 is 33.3 Å². The fourth-order valence-electron chi connectivity index (χ4n) is 3.36. The van der Waals surface area contributed by atoms with E-state index in [-0.39, 0.29) is 12.4 Å². The molecule has 0 aliphatic rings. The summed E-state index contributed by atoms with van der Waals surface area (Å²) in [5.41, 5.74) is 3.43. The number of nitrogens with zero attached hydrogens (tertiary/aromatic N) is 1. The lowest BCUT2D eigenvalue weighted by molar-refractivity contribution is -0.123. The van der Waals surface area contributed by atoms with E-state index in [0.717, 1.165) is 31.4 Å². The number of carbonyl (C=O) groups is 2. The van der Waals surface area contributed by atoms with Crippen LogP contribution in [0, 0.1) is 0 Å². The van der Waals surface area contributed by atoms with Crippen LogP contribution in [0.1, 0.15) is 55.5 Å². The number of hydrazone groups is 1. The zero-order chi connectivity index (χ0) is 28.6. The van der Waals surface area contributed by atoms with E-state index >= 15 is 0 Å². The molecule has 0 atom stereocenters. The Hall–Kier alpha value is -4.53. The predicted molar refractivity (Wildman–Crippen MR) is 153 cm³/mol. The number of hydrogen-bond acceptors (Lipinski definition) is 8. The normalized spacial score (nSPS) is 10.7. The first kappa shape index (κ1) is 30.0. The quantitative estimate of drug-likeness (QED) is 0.0793. The van der Waals surface area contributed by atoms with Crippen molar-refractivity contribution in [3.63, 3.8) is 0 Å². The molecule has 0 heterocycles. The standard InChI is InChI=1S/C31H36N2O7/c1-4-6-18-37-25-11-9-24(10-12-25)31(35)40-28-17-8-23(20-29(28)36-3)21-32-33-30(34)22-39-27-15-13-26(14-16-27)38-19-7-5-2/h8-17,20-21H,4-7,18-19,22H2,1-3H3,(H,33,34). The Bertz CT molecular complexity index is 1240. The Morgan fingerprint density at radius 1 is 0.775 bits per heavy atom. The van der Waals surface area contributed by atoms with Crippen LogP contribution in [0.25, 0.3) is 0 Å². The molecule has 0 bridgehead atoms. The van der Waals surface area contributed by atoms with Crippen molar-refractivity contribution in [2.75, 3.05) is 26.9 Å². The zero-order valence-corrected chi connectivity index (χ0v) is 23.2. The zero-order valence-electron chi connectivity index (χ0n) is 23.2. The lowest BCUT2D eigenvalue weighted by atomic mass is 10.2. The minimum absolute atomic E-state index is 0.197. The highest BCUT2D eigenvalue weighted by molar-refractivity contribution is 5.92. The third-order valence-electron chi connectivity index (χ3n) is 5.61. The Morgan fingerprint density at radius 2 is 1.35 bits per heavy atom. The van der Waals surface area contributed by atoms with Gasteiger partial charge in [-0.2, -0.15) is 5.10 Å². The number of esters is 1. The molecule has 3 rings (SSSR count). The molecule has 0 radical (unpaired) electrons. The lowest BCUT2D eigenvalue weighted by Gasteiger charge is -2.10. The summed E-state index contributed by atoms with van der Waals surface area (Å²) in [7, 11) is 1.47. The summed E-state index contributed by atoms with van der Waals surface area (Å²) in [6, 6.07) is 18.8. The molecule has 3 aromatic rings. The van der Waals surface area contributed by atoms with Crippen molar-refractivity contribution in [2.45, 2.75) is 39.5 Å². The molecule has 0 unspecified atom stereocenters. The number of ether oxygens (including phenoxy) is 5. The van der Waals surface area contributed by atoms with E-state index in [1.54, 1.807) is 66.7 Å². The minimum Gasteiger partial charge on any atom is -0.494 e. The number of rotatable bonds is 16. The van der Waals surface area contributed by atoms with Crippen molar-refractivity contribution in [1.82, 2.24) is 5.43 Å². The van der Waals surface area contributed by atoms with Gasteiger partial charge in [-0.25, -0.2) is 10.2 Å². The summed E-state index contributed by atoms with van der Waals surface area (Å²) in [5, 5.41) is 3.96. The second-order valence-corrected chi connectivity index (χ2v) is 8.78. The average Bonchev–Trinajstić information content (AvgIpc) is 2.98. The van der Waals surface area contributed by atoms with E-state index in [1.165, 1.54) is 13.3 Å². The van der Waals surface area contributed by atoms with Crippen LogP contribution in [0.4, 0.5) is 0 Å². The fraction of sp³-hybridized carbons (Fsp3) is 0.323. The molecule has 9 heteroatoms. The van der Waals surface area contributed by atoms with Gasteiger partial charge in [-0.15, -0.1) is 0 Å². The van der Waals surface area contributed by atoms with Gasteiger partial charge >= 0.3 is 5.97 Å². The second kappa shape index (κ2) is 16.4. The van der Waals surface area contributed by atoms with Gasteiger partial charge in [0.2, 0.25) is 0 Å². The molecule has 40 heavy (non-hydrogen) atoms. The molecule has 0 aliphatic carbocycles. The van der Waals surface area contributed by atoms with Gasteiger partial charge in [-0.1, -0.05) is 26.7 Å². The van der Waals surface area contributed by atoms with E-state index in [2.05, 4.69) is 24.4 Å². The molecule has 9 nitrogen and oxygen atoms in total. The maximum atomic E-state index is 12.6. The number of amides is 1. The molecule has 1 amide bonds. The van der Waals surface area contributed by atoms with Gasteiger partial charge < -0.3 is 23.7 Å². The topological polar surface area (TPSA) is 105 Å². The molecular weight excluding hydrogens is 512 g/mol. The van der Waals surface area contributed by atoms with Crippen molar-refractivity contribution in [3.8, 4) is 28.7 Å². The Labute approximate surface area is 235 Å². The number of unbranched alkanes of at least 4 members (excludes halogenated alkanes) is 2. The SMILES string of the molecule is CCCCOc1ccc(OCC(=O)NN=Cc2ccc(OC(=O)c3ccc(OCCCC)cc3)c(OC)c2)cc1. The number of nitrogens with one attached hydrogen (secondary N) is 1. The maximum absolute atomic E-state index is 12.6. The highest BCUT2D eigenvalue weighted by Crippen LogP contribution is 2.28. The van der Waals surface area contributed by atoms with Crippen LogP contribution in [0.15, 0.2) is 71.8 Å². The average molecular weight is 549 g/mol. The van der Waals surface area contributed by atoms with Gasteiger partial charge in [-0.05, 0) is 85.1 Å². The maximum Gasteiger partial charge on any atom is 0.343 e. The van der Waals surface area contributed by atoms with Crippen LogP contribution in [0.3, 0.4) is 0 Å². The van der Waals surface area contributed by atoms with Gasteiger partial charge in [0.1, 0.15) is 17.2 Å². The number of hydrogen-bond donors (Lipinski definition) is 1. The van der Waals surface area contributed by atoms with E-state index in [4.69, 9.17) is 23.7 Å². The van der Waals surface area contributed by atoms with Gasteiger partial charge in [0.15, 0.2) is 18.1 Å². The summed E-state index contributed by atoms with van der Waals surface area (Å²) in [6.45, 7) is 5.30. The van der Waals surface area contributed by atoms with E-state index in [1.807, 2.05) is 0 Å². The molecule has 0 saturated carbocycles. The number of methoxy groups -OCH3 is 1. The van der Waals surface area contributed by atoms with E-state index in [9.17, 15) is 9.59 Å². The fourth-order valence-corrected chi connectivity index (χ4v) is 3.36. The van der Waals surface area contributed by atoms with Crippen LogP contribution in [0.2, 0.25) is 0 Å². The molecule has 0 spiro atoms. The van der Waals surface area contributed by atoms with Gasteiger partial charge in [0, 0.05) is 0 Å². The van der Waals surface area contributed by atoms with Crippen molar-refractivity contribution in [2.24, 2.45) is 5.10 Å². The van der Waals surface area contributed by atoms with Crippen LogP contribution < -0.4 is 29.1 Å². The summed E-state index contributed by atoms with van der Waals surface area (Å²) in [6.07, 6.45) is 5.53. The van der Waals surface area contributed by atoms with Gasteiger partial charge in [0.25, 0.3) is 5.91 Å². The largest absolute Gasteiger partial charge is 0.494 e. The first-order valence-electron chi connectivity index (χ1n) is 13.3. The number of benzene rings is 3. The molecular formula is C31H36N2O7. The summed E-state index contributed by atoms with van der Waals surface area (Å²) in [5.74, 6) is 1.66. The van der Waals surface area contributed by atoms with Gasteiger partial charge in [0.05, 0.1) is 32.1 Å². The third-order valence-corrected chi connectivity index (χ3v) is 5.61.